The van der Waals surface area contributed by atoms with Gasteiger partial charge in [-0.05, 0) is 26.2 Å². The number of hydrogen-bond donors (Lipinski definition) is 1. The summed E-state index contributed by atoms with van der Waals surface area (Å²) >= 11 is 0. The van der Waals surface area contributed by atoms with E-state index in [1.165, 1.54) is 5.69 Å². The number of fused-ring (bicyclic) bond motifs is 2. The normalized spacial score (nSPS) is 18.6. The maximum atomic E-state index is 12.4. The number of carbonyl (C=O) groups is 1. The first-order valence-electron chi connectivity index (χ1n) is 9.94. The topological polar surface area (TPSA) is 78.0 Å². The highest BCUT2D eigenvalue weighted by molar-refractivity contribution is 5.75. The van der Waals surface area contributed by atoms with E-state index in [1.54, 1.807) is 13.3 Å². The van der Waals surface area contributed by atoms with Gasteiger partial charge in [0.25, 0.3) is 0 Å². The van der Waals surface area contributed by atoms with Crippen LogP contribution in [0.3, 0.4) is 0 Å². The molecule has 2 aromatic heterocycles. The number of nitrogens with zero attached hydrogens (tertiary/aromatic N) is 5. The monoisotopic (exact) mass is 368 g/mol. The van der Waals surface area contributed by atoms with Crippen molar-refractivity contribution in [3.8, 4) is 0 Å². The lowest BCUT2D eigenvalue weighted by Gasteiger charge is -2.50. The second kappa shape index (κ2) is 6.94. The van der Waals surface area contributed by atoms with Gasteiger partial charge >= 0.3 is 0 Å². The molecule has 0 unspecified atom stereocenters. The van der Waals surface area contributed by atoms with Gasteiger partial charge in [0.1, 0.15) is 11.6 Å². The number of amides is 1. The lowest BCUT2D eigenvalue weighted by atomic mass is 9.78. The molecule has 0 aliphatic carbocycles. The predicted molar refractivity (Wildman–Crippen MR) is 104 cm³/mol. The van der Waals surface area contributed by atoms with Gasteiger partial charge in [0.15, 0.2) is 0 Å². The third-order valence-corrected chi connectivity index (χ3v) is 5.92. The first-order valence-corrected chi connectivity index (χ1v) is 9.94. The number of anilines is 1. The van der Waals surface area contributed by atoms with Gasteiger partial charge in [-0.2, -0.15) is 0 Å². The molecule has 0 radical (unpaired) electrons. The lowest BCUT2D eigenvalue weighted by Crippen LogP contribution is -2.58. The molecule has 27 heavy (non-hydrogen) atoms. The number of nitrogens with one attached hydrogen (secondary N) is 1. The number of piperidine rings is 1. The third-order valence-electron chi connectivity index (χ3n) is 5.92. The summed E-state index contributed by atoms with van der Waals surface area (Å²) in [6.45, 7) is 8.34. The van der Waals surface area contributed by atoms with Crippen LogP contribution in [0, 0.1) is 6.92 Å². The number of aromatic nitrogens is 4. The average molecular weight is 368 g/mol. The highest BCUT2D eigenvalue weighted by atomic mass is 16.2. The van der Waals surface area contributed by atoms with Gasteiger partial charge in [0.05, 0.1) is 17.6 Å². The molecule has 1 spiro atoms. The fraction of sp³-hybridized carbons (Fsp3) is 0.600. The first kappa shape index (κ1) is 17.9. The van der Waals surface area contributed by atoms with Crippen LogP contribution in [0.2, 0.25) is 0 Å². The van der Waals surface area contributed by atoms with Crippen molar-refractivity contribution in [1.29, 1.82) is 0 Å². The number of imidazole rings is 1. The Balaban J connectivity index is 1.60. The Bertz CT molecular complexity index is 837. The molecule has 0 atom stereocenters. The van der Waals surface area contributed by atoms with Crippen LogP contribution in [0.25, 0.3) is 0 Å². The standard InChI is InChI=1S/C20H28N6O/c1-4-5-17-23-14(2)12-18(24-17)25-10-7-20(8-11-25)19-16(21-13-22-19)6-9-26(20)15(3)27/h12-13H,4-11H2,1-3H3,(H,21,22). The van der Waals surface area contributed by atoms with Crippen molar-refractivity contribution in [3.63, 3.8) is 0 Å². The molecule has 144 valence electrons. The molecule has 1 saturated heterocycles. The Morgan fingerprint density at radius 1 is 1.26 bits per heavy atom. The fourth-order valence-electron chi connectivity index (χ4n) is 4.66. The number of aryl methyl sites for hydroxylation is 2. The summed E-state index contributed by atoms with van der Waals surface area (Å²) in [6, 6.07) is 2.07. The van der Waals surface area contributed by atoms with Crippen LogP contribution in [0.1, 0.15) is 56.0 Å². The van der Waals surface area contributed by atoms with Gasteiger partial charge in [-0.3, -0.25) is 4.79 Å². The molecule has 7 heteroatoms. The van der Waals surface area contributed by atoms with Gasteiger partial charge in [-0.1, -0.05) is 6.92 Å². The molecule has 1 amide bonds. The zero-order chi connectivity index (χ0) is 19.0. The smallest absolute Gasteiger partial charge is 0.220 e. The molecule has 4 heterocycles. The first-order chi connectivity index (χ1) is 13.0. The van der Waals surface area contributed by atoms with Crippen molar-refractivity contribution in [1.82, 2.24) is 24.8 Å². The molecule has 2 aromatic rings. The van der Waals surface area contributed by atoms with Crippen molar-refractivity contribution < 1.29 is 4.79 Å². The second-order valence-electron chi connectivity index (χ2n) is 7.70. The van der Waals surface area contributed by atoms with Gasteiger partial charge in [0, 0.05) is 56.9 Å². The Labute approximate surface area is 160 Å². The molecule has 1 N–H and O–H groups in total. The lowest BCUT2D eigenvalue weighted by molar-refractivity contribution is -0.138. The number of aromatic amines is 1. The van der Waals surface area contributed by atoms with Crippen molar-refractivity contribution in [2.24, 2.45) is 0 Å². The summed E-state index contributed by atoms with van der Waals surface area (Å²) in [5.74, 6) is 2.07. The highest BCUT2D eigenvalue weighted by Gasteiger charge is 2.47. The van der Waals surface area contributed by atoms with E-state index in [4.69, 9.17) is 4.98 Å². The van der Waals surface area contributed by atoms with Crippen LogP contribution in [0.15, 0.2) is 12.4 Å². The zero-order valence-electron chi connectivity index (χ0n) is 16.5. The minimum atomic E-state index is -0.287. The van der Waals surface area contributed by atoms with E-state index >= 15 is 0 Å². The molecule has 0 bridgehead atoms. The average Bonchev–Trinajstić information content (AvgIpc) is 3.12. The maximum Gasteiger partial charge on any atom is 0.220 e. The van der Waals surface area contributed by atoms with Crippen LogP contribution in [0.4, 0.5) is 5.82 Å². The van der Waals surface area contributed by atoms with Crippen LogP contribution < -0.4 is 4.90 Å². The van der Waals surface area contributed by atoms with Crippen LogP contribution >= 0.6 is 0 Å². The third kappa shape index (κ3) is 3.09. The minimum Gasteiger partial charge on any atom is -0.356 e. The Kier molecular flexibility index (Phi) is 4.61. The van der Waals surface area contributed by atoms with E-state index in [1.807, 2.05) is 11.8 Å². The van der Waals surface area contributed by atoms with Gasteiger partial charge in [-0.15, -0.1) is 0 Å². The summed E-state index contributed by atoms with van der Waals surface area (Å²) in [5, 5.41) is 0. The zero-order valence-corrected chi connectivity index (χ0v) is 16.5. The summed E-state index contributed by atoms with van der Waals surface area (Å²) in [6.07, 6.45) is 6.31. The predicted octanol–water partition coefficient (Wildman–Crippen LogP) is 2.36. The number of hydrogen-bond acceptors (Lipinski definition) is 5. The maximum absolute atomic E-state index is 12.4. The molecule has 7 nitrogen and oxygen atoms in total. The van der Waals surface area contributed by atoms with Crippen LogP contribution in [-0.4, -0.2) is 50.4 Å². The number of H-pyrrole nitrogens is 1. The molecule has 0 saturated carbocycles. The molecular weight excluding hydrogens is 340 g/mol. The summed E-state index contributed by atoms with van der Waals surface area (Å²) in [7, 11) is 0. The van der Waals surface area contributed by atoms with E-state index < -0.39 is 0 Å². The minimum absolute atomic E-state index is 0.139. The van der Waals surface area contributed by atoms with Crippen molar-refractivity contribution >= 4 is 11.7 Å². The molecule has 2 aliphatic rings. The Hall–Kier alpha value is -2.44. The largest absolute Gasteiger partial charge is 0.356 e. The van der Waals surface area contributed by atoms with E-state index in [9.17, 15) is 4.79 Å². The van der Waals surface area contributed by atoms with Crippen LogP contribution in [-0.2, 0) is 23.2 Å². The summed E-state index contributed by atoms with van der Waals surface area (Å²) < 4.78 is 0. The Morgan fingerprint density at radius 2 is 2.04 bits per heavy atom. The van der Waals surface area contributed by atoms with Crippen molar-refractivity contribution in [2.75, 3.05) is 24.5 Å². The SMILES string of the molecule is CCCc1nc(C)cc(N2CCC3(CC2)c2nc[nH]c2CCN3C(C)=O)n1. The second-order valence-corrected chi connectivity index (χ2v) is 7.70. The fourth-order valence-corrected chi connectivity index (χ4v) is 4.66. The van der Waals surface area contributed by atoms with Crippen molar-refractivity contribution in [3.05, 3.63) is 35.3 Å². The van der Waals surface area contributed by atoms with Crippen molar-refractivity contribution in [2.45, 2.75) is 58.4 Å². The van der Waals surface area contributed by atoms with E-state index in [2.05, 4.69) is 32.8 Å². The number of rotatable bonds is 3. The quantitative estimate of drug-likeness (QED) is 0.900. The molecular formula is C20H28N6O. The van der Waals surface area contributed by atoms with Gasteiger partial charge < -0.3 is 14.8 Å². The van der Waals surface area contributed by atoms with E-state index in [0.29, 0.717) is 0 Å². The molecule has 0 aromatic carbocycles. The van der Waals surface area contributed by atoms with Gasteiger partial charge in [0.2, 0.25) is 5.91 Å². The summed E-state index contributed by atoms with van der Waals surface area (Å²) in [5.41, 5.74) is 2.98. The van der Waals surface area contributed by atoms with Gasteiger partial charge in [-0.25, -0.2) is 15.0 Å². The highest BCUT2D eigenvalue weighted by Crippen LogP contribution is 2.42. The summed E-state index contributed by atoms with van der Waals surface area (Å²) in [4.78, 5) is 34.0. The molecule has 4 rings (SSSR count). The Morgan fingerprint density at radius 3 is 2.74 bits per heavy atom. The van der Waals surface area contributed by atoms with Crippen LogP contribution in [0.5, 0.6) is 0 Å². The van der Waals surface area contributed by atoms with E-state index in [-0.39, 0.29) is 11.4 Å². The number of carbonyl (C=O) groups excluding carboxylic acids is 1. The van der Waals surface area contributed by atoms with E-state index in [0.717, 1.165) is 74.8 Å². The molecule has 1 fully saturated rings. The molecule has 2 aliphatic heterocycles.